The molecule has 2 aromatic rings. The number of hydrogen-bond donors (Lipinski definition) is 4. The summed E-state index contributed by atoms with van der Waals surface area (Å²) in [5.74, 6) is 1.13. The summed E-state index contributed by atoms with van der Waals surface area (Å²) < 4.78 is 5.72. The zero-order valence-electron chi connectivity index (χ0n) is 30.3. The van der Waals surface area contributed by atoms with Crippen LogP contribution in [0.25, 0.3) is 5.57 Å². The lowest BCUT2D eigenvalue weighted by molar-refractivity contribution is -0.118. The molecule has 0 radical (unpaired) electrons. The second-order valence-electron chi connectivity index (χ2n) is 12.1. The minimum atomic E-state index is -0.332. The Morgan fingerprint density at radius 2 is 1.44 bits per heavy atom. The van der Waals surface area contributed by atoms with Gasteiger partial charge in [-0.2, -0.15) is 0 Å². The number of benzene rings is 2. The van der Waals surface area contributed by atoms with Crippen LogP contribution in [0.2, 0.25) is 0 Å². The van der Waals surface area contributed by atoms with Gasteiger partial charge in [0.1, 0.15) is 12.5 Å². The molecular weight excluding hydrogens is 606 g/mol. The molecule has 0 aromatic heterocycles. The Hall–Kier alpha value is -3.95. The highest BCUT2D eigenvalue weighted by molar-refractivity contribution is 5.99. The van der Waals surface area contributed by atoms with E-state index in [2.05, 4.69) is 31.4 Å². The van der Waals surface area contributed by atoms with Gasteiger partial charge < -0.3 is 30.5 Å². The molecule has 1 saturated carbocycles. The Bertz CT molecular complexity index is 1310. The van der Waals surface area contributed by atoms with Crippen molar-refractivity contribution in [3.05, 3.63) is 82.6 Å². The Morgan fingerprint density at radius 3 is 1.94 bits per heavy atom. The molecule has 0 bridgehead atoms. The van der Waals surface area contributed by atoms with E-state index < -0.39 is 0 Å². The Balaban J connectivity index is 0.00000113. The van der Waals surface area contributed by atoms with Gasteiger partial charge in [0.25, 0.3) is 5.91 Å². The summed E-state index contributed by atoms with van der Waals surface area (Å²) in [6, 6.07) is 16.8. The molecule has 9 nitrogen and oxygen atoms in total. The number of allylic oxidation sites excluding steroid dienone is 2. The number of hydrogen-bond acceptors (Lipinski definition) is 7. The van der Waals surface area contributed by atoms with Crippen molar-refractivity contribution in [3.8, 4) is 0 Å². The van der Waals surface area contributed by atoms with Crippen molar-refractivity contribution in [3.63, 3.8) is 0 Å². The van der Waals surface area contributed by atoms with Crippen LogP contribution in [0, 0.1) is 5.92 Å². The molecular formula is C39H59N3O6. The molecule has 1 aliphatic carbocycles. The van der Waals surface area contributed by atoms with Gasteiger partial charge in [-0.05, 0) is 76.5 Å². The lowest BCUT2D eigenvalue weighted by Crippen LogP contribution is -2.42. The molecule has 9 heteroatoms. The van der Waals surface area contributed by atoms with Crippen LogP contribution in [0.1, 0.15) is 103 Å². The van der Waals surface area contributed by atoms with E-state index in [0.717, 1.165) is 54.7 Å². The van der Waals surface area contributed by atoms with Gasteiger partial charge >= 0.3 is 0 Å². The van der Waals surface area contributed by atoms with Crippen molar-refractivity contribution in [2.45, 2.75) is 99.1 Å². The van der Waals surface area contributed by atoms with Crippen LogP contribution in [0.15, 0.2) is 71.5 Å². The number of ketones is 1. The summed E-state index contributed by atoms with van der Waals surface area (Å²) in [7, 11) is 1.55. The van der Waals surface area contributed by atoms with E-state index >= 15 is 0 Å². The number of amides is 2. The third-order valence-electron chi connectivity index (χ3n) is 8.80. The number of anilines is 1. The molecule has 3 rings (SSSR count). The van der Waals surface area contributed by atoms with Crippen molar-refractivity contribution < 1.29 is 29.3 Å². The molecule has 0 heterocycles. The molecule has 0 unspecified atom stereocenters. The third-order valence-corrected chi connectivity index (χ3v) is 8.80. The van der Waals surface area contributed by atoms with Gasteiger partial charge in [-0.3, -0.25) is 14.4 Å². The quantitative estimate of drug-likeness (QED) is 0.0444. The number of methoxy groups -OCH3 is 1. The summed E-state index contributed by atoms with van der Waals surface area (Å²) >= 11 is 0. The Labute approximate surface area is 288 Å². The minimum Gasteiger partial charge on any atom is -0.496 e. The first-order valence-electron chi connectivity index (χ1n) is 17.1. The molecule has 4 N–H and O–H groups in total. The number of aliphatic hydroxyl groups is 2. The molecule has 2 aromatic carbocycles. The summed E-state index contributed by atoms with van der Waals surface area (Å²) in [6.07, 6.45) is 6.64. The maximum Gasteiger partial charge on any atom is 0.250 e. The van der Waals surface area contributed by atoms with Crippen LogP contribution in [0.3, 0.4) is 0 Å². The van der Waals surface area contributed by atoms with Crippen molar-refractivity contribution >= 4 is 29.4 Å². The third kappa shape index (κ3) is 13.6. The van der Waals surface area contributed by atoms with Gasteiger partial charge in [-0.1, -0.05) is 82.1 Å². The first-order valence-corrected chi connectivity index (χ1v) is 17.1. The van der Waals surface area contributed by atoms with Gasteiger partial charge in [0, 0.05) is 35.5 Å². The van der Waals surface area contributed by atoms with Crippen LogP contribution in [-0.2, 0) is 14.3 Å². The van der Waals surface area contributed by atoms with E-state index in [1.807, 2.05) is 56.3 Å². The second-order valence-corrected chi connectivity index (χ2v) is 12.1. The zero-order valence-corrected chi connectivity index (χ0v) is 30.3. The topological polar surface area (TPSA) is 128 Å². The van der Waals surface area contributed by atoms with Crippen LogP contribution in [0.4, 0.5) is 5.69 Å². The summed E-state index contributed by atoms with van der Waals surface area (Å²) in [5, 5.41) is 23.7. The van der Waals surface area contributed by atoms with Crippen molar-refractivity contribution in [2.75, 3.05) is 31.9 Å². The van der Waals surface area contributed by atoms with Crippen LogP contribution in [0.5, 0.6) is 0 Å². The Kier molecular flexibility index (Phi) is 20.5. The normalized spacial score (nSPS) is 16.5. The van der Waals surface area contributed by atoms with Crippen molar-refractivity contribution in [1.82, 2.24) is 10.6 Å². The molecule has 0 atom stereocenters. The van der Waals surface area contributed by atoms with Crippen LogP contribution < -0.4 is 15.5 Å². The van der Waals surface area contributed by atoms with Gasteiger partial charge in [-0.25, -0.2) is 0 Å². The van der Waals surface area contributed by atoms with E-state index in [1.54, 1.807) is 38.0 Å². The molecule has 2 amide bonds. The summed E-state index contributed by atoms with van der Waals surface area (Å²) in [6.45, 7) is 13.9. The predicted octanol–water partition coefficient (Wildman–Crippen LogP) is 6.65. The summed E-state index contributed by atoms with van der Waals surface area (Å²) in [4.78, 5) is 38.3. The zero-order chi connectivity index (χ0) is 36.1. The second kappa shape index (κ2) is 23.4. The fourth-order valence-electron chi connectivity index (χ4n) is 5.31. The number of ether oxygens (including phenoxy) is 1. The molecule has 48 heavy (non-hydrogen) atoms. The molecule has 0 aliphatic heterocycles. The van der Waals surface area contributed by atoms with E-state index in [-0.39, 0.29) is 43.7 Å². The number of carbonyl (C=O) groups is 3. The number of carbonyl (C=O) groups excluding carboxylic acids is 3. The average molecular weight is 666 g/mol. The molecule has 0 spiro atoms. The lowest BCUT2D eigenvalue weighted by Gasteiger charge is -2.29. The van der Waals surface area contributed by atoms with Crippen LogP contribution >= 0.6 is 0 Å². The first kappa shape index (κ1) is 42.1. The molecule has 1 fully saturated rings. The SMILES string of the molecule is CCC(C)CC.CCO.COC(=C(/C)C(=O)NC1CCC(NC=O)CC1)/C(C)=C(\C)c1ccccc1N(CO)CC(=O)c1ccccc1. The summed E-state index contributed by atoms with van der Waals surface area (Å²) in [5.41, 5.74) is 4.23. The highest BCUT2D eigenvalue weighted by Crippen LogP contribution is 2.32. The van der Waals surface area contributed by atoms with E-state index in [4.69, 9.17) is 9.84 Å². The highest BCUT2D eigenvalue weighted by Gasteiger charge is 2.24. The van der Waals surface area contributed by atoms with Gasteiger partial charge in [0.2, 0.25) is 6.41 Å². The molecule has 1 aliphatic rings. The number of nitrogens with zero attached hydrogens (tertiary/aromatic N) is 1. The smallest absolute Gasteiger partial charge is 0.250 e. The number of nitrogens with one attached hydrogen (secondary N) is 2. The number of para-hydroxylation sites is 1. The van der Waals surface area contributed by atoms with E-state index in [0.29, 0.717) is 22.6 Å². The maximum absolute atomic E-state index is 13.1. The largest absolute Gasteiger partial charge is 0.496 e. The van der Waals surface area contributed by atoms with Crippen molar-refractivity contribution in [2.24, 2.45) is 5.92 Å². The first-order chi connectivity index (χ1) is 23.0. The fourth-order valence-corrected chi connectivity index (χ4v) is 5.31. The number of Topliss-reactive ketones (excluding diaryl/α,β-unsaturated/α-hetero) is 1. The maximum atomic E-state index is 13.1. The standard InChI is InChI=1S/C31H39N3O5.C6H14.C2H6O/c1-21(22(2)30(39-4)23(3)31(38)33-26-16-14-25(15-17-26)32-19-35)27-12-8-9-13-28(27)34(20-36)18-29(37)24-10-6-5-7-11-24;1-4-6(3)5-2;1-2-3/h5-13,19,25-26,36H,14-18,20H2,1-4H3,(H,32,35)(H,33,38);6H,4-5H2,1-3H3;3H,2H2,1H3/b22-21+,30-23-;;. The number of rotatable bonds is 14. The van der Waals surface area contributed by atoms with Gasteiger partial charge in [0.15, 0.2) is 5.78 Å². The Morgan fingerprint density at radius 1 is 0.896 bits per heavy atom. The average Bonchev–Trinajstić information content (AvgIpc) is 3.11. The van der Waals surface area contributed by atoms with E-state index in [9.17, 15) is 19.5 Å². The van der Waals surface area contributed by atoms with Crippen molar-refractivity contribution in [1.29, 1.82) is 0 Å². The monoisotopic (exact) mass is 665 g/mol. The highest BCUT2D eigenvalue weighted by atomic mass is 16.5. The molecule has 266 valence electrons. The van der Waals surface area contributed by atoms with Gasteiger partial charge in [-0.15, -0.1) is 0 Å². The number of aliphatic hydroxyl groups excluding tert-OH is 2. The lowest BCUT2D eigenvalue weighted by atomic mass is 9.91. The fraction of sp³-hybridized carbons (Fsp3) is 0.513. The van der Waals surface area contributed by atoms with Gasteiger partial charge in [0.05, 0.1) is 19.2 Å². The van der Waals surface area contributed by atoms with Crippen LogP contribution in [-0.4, -0.2) is 67.4 Å². The van der Waals surface area contributed by atoms with E-state index in [1.165, 1.54) is 12.8 Å². The predicted molar refractivity (Wildman–Crippen MR) is 196 cm³/mol. The molecule has 0 saturated heterocycles. The minimum absolute atomic E-state index is 0.0167.